The van der Waals surface area contributed by atoms with Crippen LogP contribution in [0.1, 0.15) is 35.0 Å². The van der Waals surface area contributed by atoms with E-state index in [-0.39, 0.29) is 18.6 Å². The van der Waals surface area contributed by atoms with E-state index in [1.807, 2.05) is 26.0 Å². The van der Waals surface area contributed by atoms with Gasteiger partial charge >= 0.3 is 0 Å². The molecule has 6 heteroatoms. The van der Waals surface area contributed by atoms with Gasteiger partial charge in [-0.2, -0.15) is 5.10 Å². The topological polar surface area (TPSA) is 71.2 Å². The number of pyridine rings is 1. The third kappa shape index (κ3) is 3.33. The van der Waals surface area contributed by atoms with Crippen molar-refractivity contribution < 1.29 is 9.90 Å². The van der Waals surface area contributed by atoms with E-state index in [0.29, 0.717) is 18.5 Å². The van der Waals surface area contributed by atoms with Crippen LogP contribution >= 0.6 is 0 Å². The van der Waals surface area contributed by atoms with Crippen molar-refractivity contribution in [2.45, 2.75) is 32.9 Å². The Kier molecular flexibility index (Phi) is 5.27. The third-order valence-electron chi connectivity index (χ3n) is 3.92. The minimum Gasteiger partial charge on any atom is -0.394 e. The lowest BCUT2D eigenvalue weighted by Gasteiger charge is -2.30. The molecular weight excluding hydrogens is 280 g/mol. The minimum absolute atomic E-state index is 0.0676. The summed E-state index contributed by atoms with van der Waals surface area (Å²) in [6.07, 6.45) is 5.70. The molecule has 118 valence electrons. The van der Waals surface area contributed by atoms with Crippen LogP contribution in [-0.2, 0) is 13.6 Å². The van der Waals surface area contributed by atoms with Gasteiger partial charge in [0.25, 0.3) is 5.91 Å². The molecule has 2 aromatic rings. The third-order valence-corrected chi connectivity index (χ3v) is 3.92. The number of aryl methyl sites for hydroxylation is 1. The maximum Gasteiger partial charge on any atom is 0.257 e. The largest absolute Gasteiger partial charge is 0.394 e. The molecule has 0 unspecified atom stereocenters. The number of rotatable bonds is 6. The van der Waals surface area contributed by atoms with Gasteiger partial charge in [0.15, 0.2) is 0 Å². The zero-order valence-electron chi connectivity index (χ0n) is 13.2. The van der Waals surface area contributed by atoms with Gasteiger partial charge in [-0.25, -0.2) is 0 Å². The van der Waals surface area contributed by atoms with E-state index in [0.717, 1.165) is 11.3 Å². The molecule has 0 fully saturated rings. The number of aliphatic hydroxyl groups excluding tert-OH is 1. The van der Waals surface area contributed by atoms with Gasteiger partial charge in [0.05, 0.1) is 24.4 Å². The van der Waals surface area contributed by atoms with Crippen LogP contribution in [-0.4, -0.2) is 43.3 Å². The number of aliphatic hydroxyl groups is 1. The lowest BCUT2D eigenvalue weighted by Crippen LogP contribution is -2.41. The Morgan fingerprint density at radius 2 is 2.23 bits per heavy atom. The average Bonchev–Trinajstić information content (AvgIpc) is 2.87. The lowest BCUT2D eigenvalue weighted by molar-refractivity contribution is 0.0562. The molecule has 1 amide bonds. The van der Waals surface area contributed by atoms with Gasteiger partial charge in [0.1, 0.15) is 0 Å². The molecule has 0 spiro atoms. The van der Waals surface area contributed by atoms with E-state index in [4.69, 9.17) is 0 Å². The Bertz CT molecular complexity index is 620. The van der Waals surface area contributed by atoms with Crippen molar-refractivity contribution in [3.8, 4) is 0 Å². The first kappa shape index (κ1) is 16.2. The van der Waals surface area contributed by atoms with Gasteiger partial charge in [-0.3, -0.25) is 14.5 Å². The molecule has 0 saturated heterocycles. The fourth-order valence-corrected chi connectivity index (χ4v) is 2.37. The highest BCUT2D eigenvalue weighted by atomic mass is 16.3. The minimum atomic E-state index is -0.229. The number of nitrogens with zero attached hydrogens (tertiary/aromatic N) is 4. The van der Waals surface area contributed by atoms with Gasteiger partial charge in [-0.05, 0) is 25.0 Å². The second-order valence-corrected chi connectivity index (χ2v) is 5.31. The van der Waals surface area contributed by atoms with Gasteiger partial charge in [0.2, 0.25) is 0 Å². The zero-order valence-corrected chi connectivity index (χ0v) is 13.2. The molecule has 0 bridgehead atoms. The second-order valence-electron chi connectivity index (χ2n) is 5.31. The van der Waals surface area contributed by atoms with Gasteiger partial charge in [-0.15, -0.1) is 0 Å². The summed E-state index contributed by atoms with van der Waals surface area (Å²) < 4.78 is 1.68. The summed E-state index contributed by atoms with van der Waals surface area (Å²) in [6, 6.07) is 3.54. The summed E-state index contributed by atoms with van der Waals surface area (Å²) in [5.74, 6) is -0.115. The summed E-state index contributed by atoms with van der Waals surface area (Å²) in [6.45, 7) is 4.17. The molecule has 2 rings (SSSR count). The molecule has 0 aliphatic rings. The molecule has 0 saturated carbocycles. The van der Waals surface area contributed by atoms with Gasteiger partial charge in [0, 0.05) is 31.7 Å². The number of hydrogen-bond donors (Lipinski definition) is 1. The summed E-state index contributed by atoms with van der Waals surface area (Å²) in [7, 11) is 1.81. The molecule has 2 heterocycles. The Hall–Kier alpha value is -2.21. The fourth-order valence-electron chi connectivity index (χ4n) is 2.37. The van der Waals surface area contributed by atoms with Crippen molar-refractivity contribution in [2.24, 2.45) is 7.05 Å². The highest BCUT2D eigenvalue weighted by Gasteiger charge is 2.25. The summed E-state index contributed by atoms with van der Waals surface area (Å²) in [5.41, 5.74) is 2.32. The first-order valence-electron chi connectivity index (χ1n) is 7.37. The normalized spacial score (nSPS) is 12.2. The highest BCUT2D eigenvalue weighted by Crippen LogP contribution is 2.17. The second kappa shape index (κ2) is 7.17. The Morgan fingerprint density at radius 1 is 1.45 bits per heavy atom. The molecule has 0 aromatic carbocycles. The maximum atomic E-state index is 12.9. The molecule has 22 heavy (non-hydrogen) atoms. The quantitative estimate of drug-likeness (QED) is 0.878. The van der Waals surface area contributed by atoms with Crippen molar-refractivity contribution in [3.63, 3.8) is 0 Å². The van der Waals surface area contributed by atoms with Crippen LogP contribution in [0.3, 0.4) is 0 Å². The molecule has 6 nitrogen and oxygen atoms in total. The molecule has 0 aliphatic heterocycles. The smallest absolute Gasteiger partial charge is 0.257 e. The number of carbonyl (C=O) groups excluding carboxylic acids is 1. The van der Waals surface area contributed by atoms with Crippen LogP contribution in [0, 0.1) is 6.92 Å². The molecule has 1 N–H and O–H groups in total. The maximum absolute atomic E-state index is 12.9. The molecular formula is C16H22N4O2. The Balaban J connectivity index is 2.31. The number of carbonyl (C=O) groups is 1. The van der Waals surface area contributed by atoms with Crippen LogP contribution in [0.25, 0.3) is 0 Å². The van der Waals surface area contributed by atoms with E-state index >= 15 is 0 Å². The van der Waals surface area contributed by atoms with Crippen LogP contribution < -0.4 is 0 Å². The monoisotopic (exact) mass is 302 g/mol. The zero-order chi connectivity index (χ0) is 16.1. The van der Waals surface area contributed by atoms with Crippen molar-refractivity contribution in [1.82, 2.24) is 19.7 Å². The van der Waals surface area contributed by atoms with Crippen LogP contribution in [0.2, 0.25) is 0 Å². The summed E-state index contributed by atoms with van der Waals surface area (Å²) >= 11 is 0. The van der Waals surface area contributed by atoms with E-state index in [9.17, 15) is 9.90 Å². The van der Waals surface area contributed by atoms with Crippen molar-refractivity contribution >= 4 is 5.91 Å². The van der Waals surface area contributed by atoms with E-state index < -0.39 is 0 Å². The van der Waals surface area contributed by atoms with E-state index in [2.05, 4.69) is 10.1 Å². The van der Waals surface area contributed by atoms with Crippen molar-refractivity contribution in [2.75, 3.05) is 6.61 Å². The lowest BCUT2D eigenvalue weighted by atomic mass is 10.1. The first-order chi connectivity index (χ1) is 10.6. The standard InChI is InChI=1S/C16H22N4O2/c1-4-14(11-21)20(10-13-6-5-7-17-8-13)16(22)15-9-18-19(3)12(15)2/h5-9,14,21H,4,10-11H2,1-3H3/t14-/m0/s1. The highest BCUT2D eigenvalue weighted by molar-refractivity contribution is 5.95. The molecule has 1 atom stereocenters. The van der Waals surface area contributed by atoms with Crippen LogP contribution in [0.5, 0.6) is 0 Å². The van der Waals surface area contributed by atoms with Crippen molar-refractivity contribution in [3.05, 3.63) is 47.5 Å². The predicted octanol–water partition coefficient (Wildman–Crippen LogP) is 1.54. The summed E-state index contributed by atoms with van der Waals surface area (Å²) in [5, 5.41) is 13.7. The fraction of sp³-hybridized carbons (Fsp3) is 0.438. The predicted molar refractivity (Wildman–Crippen MR) is 83.2 cm³/mol. The number of hydrogen-bond acceptors (Lipinski definition) is 4. The Labute approximate surface area is 130 Å². The average molecular weight is 302 g/mol. The van der Waals surface area contributed by atoms with E-state index in [1.165, 1.54) is 0 Å². The molecule has 0 radical (unpaired) electrons. The number of amides is 1. The van der Waals surface area contributed by atoms with Crippen molar-refractivity contribution in [1.29, 1.82) is 0 Å². The van der Waals surface area contributed by atoms with Gasteiger partial charge < -0.3 is 10.0 Å². The van der Waals surface area contributed by atoms with Crippen LogP contribution in [0.4, 0.5) is 0 Å². The van der Waals surface area contributed by atoms with Gasteiger partial charge in [-0.1, -0.05) is 13.0 Å². The molecule has 2 aromatic heterocycles. The van der Waals surface area contributed by atoms with E-state index in [1.54, 1.807) is 35.2 Å². The number of aromatic nitrogens is 3. The summed E-state index contributed by atoms with van der Waals surface area (Å²) in [4.78, 5) is 18.7. The Morgan fingerprint density at radius 3 is 2.73 bits per heavy atom. The molecule has 0 aliphatic carbocycles. The van der Waals surface area contributed by atoms with Crippen LogP contribution in [0.15, 0.2) is 30.7 Å². The SMILES string of the molecule is CC[C@@H](CO)N(Cc1cccnc1)C(=O)c1cnn(C)c1C. The first-order valence-corrected chi connectivity index (χ1v) is 7.37.